The highest BCUT2D eigenvalue weighted by atomic mass is 35.5. The van der Waals surface area contributed by atoms with Gasteiger partial charge in [-0.15, -0.1) is 0 Å². The number of pyridine rings is 1. The summed E-state index contributed by atoms with van der Waals surface area (Å²) in [4.78, 5) is 20.6. The first kappa shape index (κ1) is 20.4. The Labute approximate surface area is 180 Å². The number of nitrogens with zero attached hydrogens (tertiary/aromatic N) is 3. The number of fused-ring (bicyclic) bond motifs is 1. The van der Waals surface area contributed by atoms with Gasteiger partial charge in [0.05, 0.1) is 17.8 Å². The molecule has 0 bridgehead atoms. The van der Waals surface area contributed by atoms with Crippen molar-refractivity contribution in [3.8, 4) is 5.75 Å². The molecule has 1 fully saturated rings. The number of anilines is 1. The van der Waals surface area contributed by atoms with Crippen LogP contribution < -0.4 is 9.64 Å². The number of benzene rings is 2. The van der Waals surface area contributed by atoms with E-state index in [1.54, 1.807) is 25.3 Å². The molecule has 30 heavy (non-hydrogen) atoms. The van der Waals surface area contributed by atoms with Gasteiger partial charge in [0.1, 0.15) is 11.3 Å². The number of ether oxygens (including phenoxy) is 1. The third-order valence-electron chi connectivity index (χ3n) is 5.54. The standard InChI is InChI=1S/C23H23ClFN3O2/c1-30-17-5-2-16(3-6-17)4-9-21(29)28-14-12-27(13-15-28)20-8-7-18-19(24)10-11-26-23(18)22(20)25/h2-3,5-8,10-11H,4,9,12-15H2,1H3. The van der Waals surface area contributed by atoms with Crippen LogP contribution in [0.1, 0.15) is 12.0 Å². The average Bonchev–Trinajstić information content (AvgIpc) is 2.79. The zero-order valence-electron chi connectivity index (χ0n) is 16.8. The van der Waals surface area contributed by atoms with Crippen molar-refractivity contribution >= 4 is 34.1 Å². The van der Waals surface area contributed by atoms with Crippen LogP contribution in [0.25, 0.3) is 10.9 Å². The molecule has 1 aromatic heterocycles. The van der Waals surface area contributed by atoms with Crippen LogP contribution in [0.3, 0.4) is 0 Å². The Hall–Kier alpha value is -2.86. The first-order valence-corrected chi connectivity index (χ1v) is 10.3. The SMILES string of the molecule is COc1ccc(CCC(=O)N2CCN(c3ccc4c(Cl)ccnc4c3F)CC2)cc1. The number of amides is 1. The van der Waals surface area contributed by atoms with Crippen LogP contribution in [-0.2, 0) is 11.2 Å². The Bertz CT molecular complexity index is 1050. The Morgan fingerprint density at radius 1 is 1.10 bits per heavy atom. The average molecular weight is 428 g/mol. The number of halogens is 2. The van der Waals surface area contributed by atoms with Crippen molar-refractivity contribution in [2.24, 2.45) is 0 Å². The van der Waals surface area contributed by atoms with Crippen LogP contribution in [0.5, 0.6) is 5.75 Å². The maximum Gasteiger partial charge on any atom is 0.223 e. The van der Waals surface area contributed by atoms with Gasteiger partial charge in [-0.2, -0.15) is 0 Å². The normalized spacial score (nSPS) is 14.2. The van der Waals surface area contributed by atoms with Gasteiger partial charge in [-0.3, -0.25) is 9.78 Å². The molecular formula is C23H23ClFN3O2. The first-order chi connectivity index (χ1) is 14.6. The molecule has 1 saturated heterocycles. The van der Waals surface area contributed by atoms with Crippen molar-refractivity contribution in [2.75, 3.05) is 38.2 Å². The van der Waals surface area contributed by atoms with Crippen LogP contribution in [0, 0.1) is 5.82 Å². The van der Waals surface area contributed by atoms with E-state index < -0.39 is 0 Å². The monoisotopic (exact) mass is 427 g/mol. The summed E-state index contributed by atoms with van der Waals surface area (Å²) in [6.45, 7) is 2.30. The maximum atomic E-state index is 15.0. The van der Waals surface area contributed by atoms with E-state index in [4.69, 9.17) is 16.3 Å². The Balaban J connectivity index is 1.36. The van der Waals surface area contributed by atoms with Crippen molar-refractivity contribution < 1.29 is 13.9 Å². The molecule has 1 aliphatic rings. The molecule has 4 rings (SSSR count). The summed E-state index contributed by atoms with van der Waals surface area (Å²) in [5.74, 6) is 0.562. The molecular weight excluding hydrogens is 405 g/mol. The number of methoxy groups -OCH3 is 1. The van der Waals surface area contributed by atoms with Crippen LogP contribution >= 0.6 is 11.6 Å². The largest absolute Gasteiger partial charge is 0.497 e. The molecule has 0 aliphatic carbocycles. The van der Waals surface area contributed by atoms with E-state index in [9.17, 15) is 9.18 Å². The number of hydrogen-bond donors (Lipinski definition) is 0. The van der Waals surface area contributed by atoms with E-state index in [0.29, 0.717) is 55.1 Å². The number of carbonyl (C=O) groups is 1. The zero-order valence-corrected chi connectivity index (χ0v) is 17.5. The van der Waals surface area contributed by atoms with Gasteiger partial charge in [-0.05, 0) is 42.3 Å². The van der Waals surface area contributed by atoms with Crippen molar-refractivity contribution in [2.45, 2.75) is 12.8 Å². The third-order valence-corrected chi connectivity index (χ3v) is 5.87. The lowest BCUT2D eigenvalue weighted by Crippen LogP contribution is -2.49. The highest BCUT2D eigenvalue weighted by molar-refractivity contribution is 6.35. The van der Waals surface area contributed by atoms with Crippen LogP contribution in [0.15, 0.2) is 48.7 Å². The molecule has 0 unspecified atom stereocenters. The molecule has 0 atom stereocenters. The van der Waals surface area contributed by atoms with E-state index in [-0.39, 0.29) is 17.2 Å². The van der Waals surface area contributed by atoms with E-state index in [1.807, 2.05) is 34.1 Å². The van der Waals surface area contributed by atoms with Crippen LogP contribution in [-0.4, -0.2) is 49.1 Å². The van der Waals surface area contributed by atoms with Gasteiger partial charge in [-0.25, -0.2) is 4.39 Å². The van der Waals surface area contributed by atoms with Crippen LogP contribution in [0.2, 0.25) is 5.02 Å². The van der Waals surface area contributed by atoms with E-state index >= 15 is 0 Å². The minimum absolute atomic E-state index is 0.123. The number of rotatable bonds is 5. The minimum Gasteiger partial charge on any atom is -0.497 e. The van der Waals surface area contributed by atoms with Gasteiger partial charge in [0, 0.05) is 44.2 Å². The van der Waals surface area contributed by atoms with Crippen LogP contribution in [0.4, 0.5) is 10.1 Å². The molecule has 3 aromatic rings. The molecule has 2 aromatic carbocycles. The number of aromatic nitrogens is 1. The maximum absolute atomic E-state index is 15.0. The summed E-state index contributed by atoms with van der Waals surface area (Å²) >= 11 is 6.14. The summed E-state index contributed by atoms with van der Waals surface area (Å²) in [6, 6.07) is 13.0. The topological polar surface area (TPSA) is 45.7 Å². The number of aryl methyl sites for hydroxylation is 1. The second-order valence-corrected chi connectivity index (χ2v) is 7.71. The highest BCUT2D eigenvalue weighted by Crippen LogP contribution is 2.30. The summed E-state index contributed by atoms with van der Waals surface area (Å²) in [5.41, 5.74) is 1.88. The molecule has 1 aliphatic heterocycles. The summed E-state index contributed by atoms with van der Waals surface area (Å²) < 4.78 is 20.2. The zero-order chi connectivity index (χ0) is 21.1. The molecule has 0 N–H and O–H groups in total. The lowest BCUT2D eigenvalue weighted by atomic mass is 10.1. The summed E-state index contributed by atoms with van der Waals surface area (Å²) in [7, 11) is 1.63. The van der Waals surface area contributed by atoms with Gasteiger partial charge in [0.2, 0.25) is 5.91 Å². The third kappa shape index (κ3) is 4.19. The first-order valence-electron chi connectivity index (χ1n) is 9.95. The van der Waals surface area contributed by atoms with E-state index in [2.05, 4.69) is 4.98 Å². The summed E-state index contributed by atoms with van der Waals surface area (Å²) in [6.07, 6.45) is 2.66. The quantitative estimate of drug-likeness (QED) is 0.608. The van der Waals surface area contributed by atoms with Crippen molar-refractivity contribution in [3.63, 3.8) is 0 Å². The van der Waals surface area contributed by atoms with Crippen molar-refractivity contribution in [1.29, 1.82) is 0 Å². The molecule has 1 amide bonds. The van der Waals surface area contributed by atoms with Gasteiger partial charge >= 0.3 is 0 Å². The Kier molecular flexibility index (Phi) is 6.04. The second-order valence-electron chi connectivity index (χ2n) is 7.30. The molecule has 0 radical (unpaired) electrons. The molecule has 2 heterocycles. The summed E-state index contributed by atoms with van der Waals surface area (Å²) in [5, 5.41) is 1.09. The molecule has 0 spiro atoms. The van der Waals surface area contributed by atoms with Gasteiger partial charge in [-0.1, -0.05) is 23.7 Å². The molecule has 7 heteroatoms. The Morgan fingerprint density at radius 2 is 1.83 bits per heavy atom. The number of carbonyl (C=O) groups excluding carboxylic acids is 1. The Morgan fingerprint density at radius 3 is 2.53 bits per heavy atom. The fourth-order valence-corrected chi connectivity index (χ4v) is 3.99. The van der Waals surface area contributed by atoms with Gasteiger partial charge in [0.15, 0.2) is 5.82 Å². The van der Waals surface area contributed by atoms with Gasteiger partial charge in [0.25, 0.3) is 0 Å². The van der Waals surface area contributed by atoms with Gasteiger partial charge < -0.3 is 14.5 Å². The van der Waals surface area contributed by atoms with Crippen molar-refractivity contribution in [3.05, 3.63) is 65.1 Å². The molecule has 5 nitrogen and oxygen atoms in total. The van der Waals surface area contributed by atoms with E-state index in [0.717, 1.165) is 11.3 Å². The second kappa shape index (κ2) is 8.88. The molecule has 156 valence electrons. The lowest BCUT2D eigenvalue weighted by Gasteiger charge is -2.36. The number of piperazine rings is 1. The predicted octanol–water partition coefficient (Wildman–Crippen LogP) is 4.32. The van der Waals surface area contributed by atoms with E-state index in [1.165, 1.54) is 6.20 Å². The van der Waals surface area contributed by atoms with Crippen molar-refractivity contribution in [1.82, 2.24) is 9.88 Å². The minimum atomic E-state index is -0.366. The lowest BCUT2D eigenvalue weighted by molar-refractivity contribution is -0.131. The molecule has 0 saturated carbocycles. The fraction of sp³-hybridized carbons (Fsp3) is 0.304. The number of hydrogen-bond acceptors (Lipinski definition) is 4. The fourth-order valence-electron chi connectivity index (χ4n) is 3.78. The smallest absolute Gasteiger partial charge is 0.223 e. The predicted molar refractivity (Wildman–Crippen MR) is 117 cm³/mol. The highest BCUT2D eigenvalue weighted by Gasteiger charge is 2.23.